The molecule has 1 saturated heterocycles. The monoisotopic (exact) mass is 416 g/mol. The fourth-order valence-electron chi connectivity index (χ4n) is 4.21. The van der Waals surface area contributed by atoms with Gasteiger partial charge in [-0.15, -0.1) is 0 Å². The first-order valence-corrected chi connectivity index (χ1v) is 10.2. The molecule has 31 heavy (non-hydrogen) atoms. The van der Waals surface area contributed by atoms with E-state index in [9.17, 15) is 9.59 Å². The Kier molecular flexibility index (Phi) is 4.63. The lowest BCUT2D eigenvalue weighted by Gasteiger charge is -2.20. The number of nitrogens with two attached hydrogens (primary N) is 1. The van der Waals surface area contributed by atoms with Crippen molar-refractivity contribution >= 4 is 39.4 Å². The van der Waals surface area contributed by atoms with E-state index in [0.717, 1.165) is 22.7 Å². The predicted molar refractivity (Wildman–Crippen MR) is 116 cm³/mol. The molecule has 0 bridgehead atoms. The van der Waals surface area contributed by atoms with Crippen LogP contribution < -0.4 is 16.8 Å². The van der Waals surface area contributed by atoms with Gasteiger partial charge in [-0.1, -0.05) is 24.3 Å². The summed E-state index contributed by atoms with van der Waals surface area (Å²) in [5.41, 5.74) is 12.4. The molecule has 0 unspecified atom stereocenters. The van der Waals surface area contributed by atoms with Crippen LogP contribution in [-0.4, -0.2) is 40.8 Å². The number of carbonyl (C=O) groups excluding carboxylic acids is 2. The van der Waals surface area contributed by atoms with Gasteiger partial charge in [-0.25, -0.2) is 9.98 Å². The van der Waals surface area contributed by atoms with Gasteiger partial charge < -0.3 is 20.8 Å². The normalized spacial score (nSPS) is 17.1. The minimum absolute atomic E-state index is 0.125. The number of likely N-dealkylation sites (tertiary alicyclic amines) is 1. The number of carbonyl (C=O) groups is 2. The van der Waals surface area contributed by atoms with E-state index < -0.39 is 6.04 Å². The van der Waals surface area contributed by atoms with E-state index in [2.05, 4.69) is 10.7 Å². The van der Waals surface area contributed by atoms with E-state index >= 15 is 0 Å². The first kappa shape index (κ1) is 19.2. The fourth-order valence-corrected chi connectivity index (χ4v) is 4.21. The molecule has 3 aliphatic rings. The lowest BCUT2D eigenvalue weighted by atomic mass is 10.1. The largest absolute Gasteiger partial charge is 0.453 e. The second-order valence-corrected chi connectivity index (χ2v) is 7.67. The van der Waals surface area contributed by atoms with Gasteiger partial charge in [0, 0.05) is 35.1 Å². The van der Waals surface area contributed by atoms with Crippen LogP contribution in [0.5, 0.6) is 0 Å². The van der Waals surface area contributed by atoms with E-state index in [0.29, 0.717) is 41.0 Å². The number of fused-ring (bicyclic) bond motifs is 4. The standard InChI is InChI=1S/C23H21N5O3/c24-12-21(29)28-9-3-6-18(28)23(30)26-13-7-8-17-19(10-13)31-20-11-16(25)14-4-1-2-5-15(14)22(20)27-17/h1-2,4-5,7-8,10-11,18H,3,6,9,12,24-25H2/p+1/t18-/m0/s1. The molecule has 5 N–H and O–H groups in total. The molecule has 0 saturated carbocycles. The van der Waals surface area contributed by atoms with Gasteiger partial charge >= 0.3 is 0 Å². The quantitative estimate of drug-likeness (QED) is 0.289. The molecule has 0 radical (unpaired) electrons. The molecule has 2 amide bonds. The number of aromatic nitrogens is 1. The third-order valence-electron chi connectivity index (χ3n) is 5.72. The average molecular weight is 416 g/mol. The van der Waals surface area contributed by atoms with Gasteiger partial charge in [0.05, 0.1) is 5.36 Å². The van der Waals surface area contributed by atoms with Crippen molar-refractivity contribution in [3.63, 3.8) is 0 Å². The first-order valence-electron chi connectivity index (χ1n) is 10.2. The number of amides is 2. The van der Waals surface area contributed by atoms with E-state index in [4.69, 9.17) is 15.1 Å². The van der Waals surface area contributed by atoms with Crippen molar-refractivity contribution in [2.24, 2.45) is 4.99 Å². The van der Waals surface area contributed by atoms with Crippen molar-refractivity contribution in [3.8, 4) is 11.5 Å². The van der Waals surface area contributed by atoms with Gasteiger partial charge in [-0.05, 0) is 25.0 Å². The molecule has 2 aliphatic heterocycles. The second kappa shape index (κ2) is 7.48. The highest BCUT2D eigenvalue weighted by Crippen LogP contribution is 2.32. The van der Waals surface area contributed by atoms with E-state index in [1.54, 1.807) is 29.2 Å². The molecule has 1 fully saturated rings. The van der Waals surface area contributed by atoms with Gasteiger partial charge in [0.15, 0.2) is 17.9 Å². The van der Waals surface area contributed by atoms with Crippen molar-refractivity contribution < 1.29 is 19.7 Å². The van der Waals surface area contributed by atoms with E-state index in [1.165, 1.54) is 0 Å². The highest BCUT2D eigenvalue weighted by molar-refractivity contribution is 6.09. The SMILES string of the molecule is Nc1cc2oc3cc(=NC(=O)[C@@H]4CCCN4C(=O)C[NH3+])ccc-3nc2c2ccccc12. The van der Waals surface area contributed by atoms with Crippen molar-refractivity contribution in [2.45, 2.75) is 18.9 Å². The number of quaternary nitrogens is 1. The summed E-state index contributed by atoms with van der Waals surface area (Å²) in [7, 11) is 0. The Balaban J connectivity index is 1.58. The number of nitrogens with zero attached hydrogens (tertiary/aromatic N) is 3. The zero-order valence-corrected chi connectivity index (χ0v) is 16.9. The Hall–Kier alpha value is -3.78. The number of benzene rings is 3. The van der Waals surface area contributed by atoms with Crippen LogP contribution in [0.4, 0.5) is 5.69 Å². The van der Waals surface area contributed by atoms with Crippen molar-refractivity contribution in [1.82, 2.24) is 9.88 Å². The predicted octanol–water partition coefficient (Wildman–Crippen LogP) is 1.33. The molecule has 8 heteroatoms. The molecule has 0 spiro atoms. The fraction of sp³-hybridized carbons (Fsp3) is 0.217. The molecule has 8 nitrogen and oxygen atoms in total. The van der Waals surface area contributed by atoms with Gasteiger partial charge in [-0.3, -0.25) is 9.59 Å². The molecule has 2 heterocycles. The summed E-state index contributed by atoms with van der Waals surface area (Å²) < 4.78 is 6.07. The maximum absolute atomic E-state index is 12.7. The topological polar surface area (TPSA) is 129 Å². The molecular formula is C23H22N5O3+. The highest BCUT2D eigenvalue weighted by atomic mass is 16.3. The van der Waals surface area contributed by atoms with E-state index in [1.807, 2.05) is 24.3 Å². The maximum Gasteiger partial charge on any atom is 0.278 e. The molecule has 0 aromatic heterocycles. The number of hydrogen-bond donors (Lipinski definition) is 2. The maximum atomic E-state index is 12.7. The Morgan fingerprint density at radius 3 is 2.81 bits per heavy atom. The summed E-state index contributed by atoms with van der Waals surface area (Å²) in [5, 5.41) is 2.31. The zero-order chi connectivity index (χ0) is 21.5. The third-order valence-corrected chi connectivity index (χ3v) is 5.72. The summed E-state index contributed by atoms with van der Waals surface area (Å²) in [4.78, 5) is 35.4. The Bertz CT molecular complexity index is 1380. The van der Waals surface area contributed by atoms with Crippen LogP contribution in [0.3, 0.4) is 0 Å². The number of rotatable bonds is 2. The van der Waals surface area contributed by atoms with Crippen LogP contribution in [-0.2, 0) is 9.59 Å². The second-order valence-electron chi connectivity index (χ2n) is 7.67. The molecule has 2 aromatic carbocycles. The van der Waals surface area contributed by atoms with E-state index in [-0.39, 0.29) is 18.4 Å². The van der Waals surface area contributed by atoms with Crippen LogP contribution in [0.15, 0.2) is 57.9 Å². The Morgan fingerprint density at radius 2 is 2.00 bits per heavy atom. The number of hydrogen-bond acceptors (Lipinski definition) is 5. The lowest BCUT2D eigenvalue weighted by Crippen LogP contribution is -2.59. The van der Waals surface area contributed by atoms with Gasteiger partial charge in [0.25, 0.3) is 11.8 Å². The lowest BCUT2D eigenvalue weighted by molar-refractivity contribution is -0.357. The number of nitrogen functional groups attached to an aromatic ring is 1. The Labute approximate surface area is 177 Å². The minimum Gasteiger partial charge on any atom is -0.453 e. The molecule has 156 valence electrons. The van der Waals surface area contributed by atoms with Crippen LogP contribution in [0.2, 0.25) is 0 Å². The molecule has 1 aliphatic carbocycles. The summed E-state index contributed by atoms with van der Waals surface area (Å²) >= 11 is 0. The van der Waals surface area contributed by atoms with Crippen molar-refractivity contribution in [1.29, 1.82) is 0 Å². The minimum atomic E-state index is -0.525. The Morgan fingerprint density at radius 1 is 1.19 bits per heavy atom. The van der Waals surface area contributed by atoms with Crippen molar-refractivity contribution in [2.75, 3.05) is 18.8 Å². The average Bonchev–Trinajstić information content (AvgIpc) is 3.28. The van der Waals surface area contributed by atoms with Gasteiger partial charge in [-0.2, -0.15) is 0 Å². The van der Waals surface area contributed by atoms with Gasteiger partial charge in [0.1, 0.15) is 17.3 Å². The summed E-state index contributed by atoms with van der Waals surface area (Å²) in [6.45, 7) is 0.702. The molecule has 5 rings (SSSR count). The van der Waals surface area contributed by atoms with Crippen molar-refractivity contribution in [3.05, 3.63) is 53.9 Å². The van der Waals surface area contributed by atoms with Crippen LogP contribution >= 0.6 is 0 Å². The van der Waals surface area contributed by atoms with Gasteiger partial charge in [0.2, 0.25) is 0 Å². The summed E-state index contributed by atoms with van der Waals surface area (Å²) in [6, 6.07) is 14.2. The summed E-state index contributed by atoms with van der Waals surface area (Å²) in [5.74, 6) is 0.0519. The number of anilines is 1. The van der Waals surface area contributed by atoms with Crippen LogP contribution in [0, 0.1) is 0 Å². The molecular weight excluding hydrogens is 394 g/mol. The molecule has 2 aromatic rings. The summed E-state index contributed by atoms with van der Waals surface area (Å²) in [6.07, 6.45) is 1.40. The third kappa shape index (κ3) is 3.30. The van der Waals surface area contributed by atoms with Crippen LogP contribution in [0.25, 0.3) is 33.3 Å². The van der Waals surface area contributed by atoms with Crippen LogP contribution in [0.1, 0.15) is 12.8 Å². The first-order chi connectivity index (χ1) is 15.0. The smallest absolute Gasteiger partial charge is 0.278 e. The molecule has 1 atom stereocenters. The zero-order valence-electron chi connectivity index (χ0n) is 16.9. The highest BCUT2D eigenvalue weighted by Gasteiger charge is 2.33.